The van der Waals surface area contributed by atoms with Crippen molar-refractivity contribution in [3.63, 3.8) is 0 Å². The third-order valence-electron chi connectivity index (χ3n) is 6.50. The summed E-state index contributed by atoms with van der Waals surface area (Å²) >= 11 is 0. The van der Waals surface area contributed by atoms with E-state index in [1.54, 1.807) is 0 Å². The van der Waals surface area contributed by atoms with Crippen LogP contribution in [0, 0.1) is 23.7 Å². The largest absolute Gasteiger partial charge is 0.342 e. The first-order chi connectivity index (χ1) is 11.2. The molecule has 2 saturated heterocycles. The van der Waals surface area contributed by atoms with Crippen molar-refractivity contribution in [2.24, 2.45) is 29.4 Å². The molecule has 0 radical (unpaired) electrons. The number of piperidine rings is 2. The fourth-order valence-corrected chi connectivity index (χ4v) is 4.90. The highest BCUT2D eigenvalue weighted by Gasteiger charge is 2.36. The van der Waals surface area contributed by atoms with Crippen molar-refractivity contribution in [1.82, 2.24) is 9.80 Å². The minimum atomic E-state index is 0.217. The van der Waals surface area contributed by atoms with Crippen LogP contribution in [-0.2, 0) is 4.79 Å². The van der Waals surface area contributed by atoms with Crippen LogP contribution in [0.1, 0.15) is 51.9 Å². The topological polar surface area (TPSA) is 49.6 Å². The first-order valence-corrected chi connectivity index (χ1v) is 9.88. The van der Waals surface area contributed by atoms with Crippen molar-refractivity contribution in [2.75, 3.05) is 39.3 Å². The Morgan fingerprint density at radius 1 is 1.04 bits per heavy atom. The Kier molecular flexibility index (Phi) is 5.97. The Morgan fingerprint density at radius 2 is 1.83 bits per heavy atom. The Labute approximate surface area is 141 Å². The Hall–Kier alpha value is -0.610. The molecule has 4 nitrogen and oxygen atoms in total. The van der Waals surface area contributed by atoms with E-state index in [0.29, 0.717) is 24.3 Å². The van der Waals surface area contributed by atoms with E-state index in [0.717, 1.165) is 31.8 Å². The van der Waals surface area contributed by atoms with Gasteiger partial charge in [0.05, 0.1) is 0 Å². The summed E-state index contributed by atoms with van der Waals surface area (Å²) in [4.78, 5) is 17.7. The van der Waals surface area contributed by atoms with Crippen LogP contribution < -0.4 is 5.73 Å². The summed E-state index contributed by atoms with van der Waals surface area (Å²) in [6, 6.07) is 0. The molecular weight excluding hydrogens is 286 g/mol. The lowest BCUT2D eigenvalue weighted by Gasteiger charge is -2.39. The highest BCUT2D eigenvalue weighted by atomic mass is 16.2. The molecule has 0 aromatic rings. The predicted octanol–water partition coefficient (Wildman–Crippen LogP) is 2.33. The highest BCUT2D eigenvalue weighted by Crippen LogP contribution is 2.33. The predicted molar refractivity (Wildman–Crippen MR) is 94.0 cm³/mol. The molecule has 2 aliphatic heterocycles. The molecule has 1 aliphatic carbocycles. The van der Waals surface area contributed by atoms with E-state index in [4.69, 9.17) is 5.73 Å². The summed E-state index contributed by atoms with van der Waals surface area (Å²) in [5.41, 5.74) is 5.88. The average molecular weight is 322 g/mol. The maximum Gasteiger partial charge on any atom is 0.226 e. The molecule has 3 aliphatic rings. The van der Waals surface area contributed by atoms with Gasteiger partial charge in [-0.2, -0.15) is 0 Å². The second-order valence-corrected chi connectivity index (χ2v) is 8.31. The summed E-state index contributed by atoms with van der Waals surface area (Å²) in [6.07, 6.45) is 8.55. The van der Waals surface area contributed by atoms with Crippen molar-refractivity contribution in [2.45, 2.75) is 51.9 Å². The summed E-state index contributed by atoms with van der Waals surface area (Å²) in [5.74, 6) is 2.64. The second kappa shape index (κ2) is 7.98. The van der Waals surface area contributed by atoms with E-state index in [2.05, 4.69) is 16.7 Å². The van der Waals surface area contributed by atoms with Gasteiger partial charge < -0.3 is 15.5 Å². The third kappa shape index (κ3) is 4.27. The molecule has 0 aromatic heterocycles. The number of hydrogen-bond acceptors (Lipinski definition) is 3. The Morgan fingerprint density at radius 3 is 2.57 bits per heavy atom. The standard InChI is InChI=1S/C19H35N3O/c1-15-7-10-21(11-8-15)13-16-4-3-9-22(14-16)19(23)18-6-2-5-17(18)12-20/h15-18H,2-14,20H2,1H3/t16?,17-,18-/m1/s1. The quantitative estimate of drug-likeness (QED) is 0.864. The second-order valence-electron chi connectivity index (χ2n) is 8.31. The van der Waals surface area contributed by atoms with Gasteiger partial charge in [0.15, 0.2) is 0 Å². The maximum absolute atomic E-state index is 12.9. The first-order valence-electron chi connectivity index (χ1n) is 9.88. The number of carbonyl (C=O) groups is 1. The molecule has 3 rings (SSSR count). The molecule has 3 atom stereocenters. The minimum absolute atomic E-state index is 0.217. The number of nitrogens with two attached hydrogens (primary N) is 1. The molecule has 0 spiro atoms. The van der Waals surface area contributed by atoms with Gasteiger partial charge in [-0.1, -0.05) is 13.3 Å². The van der Waals surface area contributed by atoms with Gasteiger partial charge in [-0.05, 0) is 75.9 Å². The molecule has 2 N–H and O–H groups in total. The zero-order valence-corrected chi connectivity index (χ0v) is 14.9. The molecule has 23 heavy (non-hydrogen) atoms. The van der Waals surface area contributed by atoms with Crippen LogP contribution in [0.2, 0.25) is 0 Å². The Bertz CT molecular complexity index is 392. The van der Waals surface area contributed by atoms with E-state index in [9.17, 15) is 4.79 Å². The lowest BCUT2D eigenvalue weighted by atomic mass is 9.91. The molecule has 4 heteroatoms. The summed E-state index contributed by atoms with van der Waals surface area (Å²) in [6.45, 7) is 8.71. The smallest absolute Gasteiger partial charge is 0.226 e. The van der Waals surface area contributed by atoms with Crippen molar-refractivity contribution in [3.8, 4) is 0 Å². The number of carbonyl (C=O) groups excluding carboxylic acids is 1. The number of nitrogens with zero attached hydrogens (tertiary/aromatic N) is 2. The van der Waals surface area contributed by atoms with Gasteiger partial charge in [-0.25, -0.2) is 0 Å². The van der Waals surface area contributed by atoms with Crippen LogP contribution in [0.4, 0.5) is 0 Å². The third-order valence-corrected chi connectivity index (χ3v) is 6.50. The van der Waals surface area contributed by atoms with Gasteiger partial charge in [-0.15, -0.1) is 0 Å². The lowest BCUT2D eigenvalue weighted by molar-refractivity contribution is -0.138. The van der Waals surface area contributed by atoms with Crippen molar-refractivity contribution < 1.29 is 4.79 Å². The molecule has 2 heterocycles. The van der Waals surface area contributed by atoms with Gasteiger partial charge in [-0.3, -0.25) is 4.79 Å². The molecule has 1 amide bonds. The SMILES string of the molecule is CC1CCN(CC2CCCN(C(=O)[C@@H]3CCC[C@@H]3CN)C2)CC1. The van der Waals surface area contributed by atoms with E-state index in [1.165, 1.54) is 51.7 Å². The summed E-state index contributed by atoms with van der Waals surface area (Å²) in [5, 5.41) is 0. The summed E-state index contributed by atoms with van der Waals surface area (Å²) in [7, 11) is 0. The number of amides is 1. The van der Waals surface area contributed by atoms with Crippen LogP contribution in [0.25, 0.3) is 0 Å². The molecule has 0 aromatic carbocycles. The number of likely N-dealkylation sites (tertiary alicyclic amines) is 2. The van der Waals surface area contributed by atoms with Crippen LogP contribution in [0.3, 0.4) is 0 Å². The van der Waals surface area contributed by atoms with Gasteiger partial charge >= 0.3 is 0 Å². The van der Waals surface area contributed by atoms with Crippen LogP contribution >= 0.6 is 0 Å². The van der Waals surface area contributed by atoms with Crippen LogP contribution in [-0.4, -0.2) is 55.0 Å². The van der Waals surface area contributed by atoms with E-state index < -0.39 is 0 Å². The van der Waals surface area contributed by atoms with Crippen molar-refractivity contribution in [3.05, 3.63) is 0 Å². The highest BCUT2D eigenvalue weighted by molar-refractivity contribution is 5.79. The molecule has 0 bridgehead atoms. The van der Waals surface area contributed by atoms with Gasteiger partial charge in [0, 0.05) is 25.6 Å². The molecule has 3 fully saturated rings. The van der Waals surface area contributed by atoms with E-state index in [-0.39, 0.29) is 5.92 Å². The minimum Gasteiger partial charge on any atom is -0.342 e. The lowest BCUT2D eigenvalue weighted by Crippen LogP contribution is -2.47. The van der Waals surface area contributed by atoms with Crippen LogP contribution in [0.5, 0.6) is 0 Å². The van der Waals surface area contributed by atoms with E-state index in [1.807, 2.05) is 0 Å². The number of rotatable bonds is 4. The Balaban J connectivity index is 1.50. The molecule has 1 saturated carbocycles. The van der Waals surface area contributed by atoms with Gasteiger partial charge in [0.25, 0.3) is 0 Å². The van der Waals surface area contributed by atoms with Gasteiger partial charge in [0.2, 0.25) is 5.91 Å². The number of hydrogen-bond donors (Lipinski definition) is 1. The van der Waals surface area contributed by atoms with Crippen molar-refractivity contribution in [1.29, 1.82) is 0 Å². The van der Waals surface area contributed by atoms with Crippen molar-refractivity contribution >= 4 is 5.91 Å². The molecule has 132 valence electrons. The fraction of sp³-hybridized carbons (Fsp3) is 0.947. The van der Waals surface area contributed by atoms with Crippen LogP contribution in [0.15, 0.2) is 0 Å². The average Bonchev–Trinajstić information content (AvgIpc) is 3.05. The zero-order chi connectivity index (χ0) is 16.2. The maximum atomic E-state index is 12.9. The monoisotopic (exact) mass is 321 g/mol. The summed E-state index contributed by atoms with van der Waals surface area (Å²) < 4.78 is 0. The molecule has 1 unspecified atom stereocenters. The van der Waals surface area contributed by atoms with E-state index >= 15 is 0 Å². The normalized spacial score (nSPS) is 34.0. The van der Waals surface area contributed by atoms with Gasteiger partial charge in [0.1, 0.15) is 0 Å². The molecular formula is C19H35N3O. The fourth-order valence-electron chi connectivity index (χ4n) is 4.90. The first kappa shape index (κ1) is 17.2. The zero-order valence-electron chi connectivity index (χ0n) is 14.9.